The van der Waals surface area contributed by atoms with Crippen LogP contribution in [0, 0.1) is 0 Å². The highest BCUT2D eigenvalue weighted by Gasteiger charge is 2.44. The molecule has 2 fully saturated rings. The van der Waals surface area contributed by atoms with Crippen LogP contribution in [-0.2, 0) is 21.8 Å². The Labute approximate surface area is 273 Å². The maximum Gasteiger partial charge on any atom is 0.350 e. The third-order valence-electron chi connectivity index (χ3n) is 9.00. The van der Waals surface area contributed by atoms with Crippen molar-refractivity contribution in [1.29, 1.82) is 0 Å². The number of nitrogens with zero attached hydrogens (tertiary/aromatic N) is 8. The summed E-state index contributed by atoms with van der Waals surface area (Å²) in [6, 6.07) is 26.4. The zero-order valence-electron chi connectivity index (χ0n) is 26.8. The summed E-state index contributed by atoms with van der Waals surface area (Å²) in [4.78, 5) is 19.1. The molecule has 0 aliphatic carbocycles. The van der Waals surface area contributed by atoms with Gasteiger partial charge in [-0.1, -0.05) is 37.3 Å². The molecule has 0 saturated carbocycles. The molecule has 12 nitrogen and oxygen atoms in total. The number of rotatable bonds is 11. The second-order valence-electron chi connectivity index (χ2n) is 12.0. The minimum absolute atomic E-state index is 0.0721. The molecule has 2 aliphatic heterocycles. The number of hydrogen-bond acceptors (Lipinski definition) is 9. The van der Waals surface area contributed by atoms with Crippen molar-refractivity contribution in [1.82, 2.24) is 29.3 Å². The summed E-state index contributed by atoms with van der Waals surface area (Å²) >= 11 is 0. The quantitative estimate of drug-likeness (QED) is 0.210. The lowest BCUT2D eigenvalue weighted by atomic mass is 10.1. The van der Waals surface area contributed by atoms with E-state index in [9.17, 15) is 4.79 Å². The predicted molar refractivity (Wildman–Crippen MR) is 178 cm³/mol. The number of piperazine rings is 1. The third kappa shape index (κ3) is 6.51. The van der Waals surface area contributed by atoms with Gasteiger partial charge in [0.25, 0.3) is 0 Å². The van der Waals surface area contributed by atoms with Crippen molar-refractivity contribution < 1.29 is 14.2 Å². The normalized spacial score (nSPS) is 20.4. The lowest BCUT2D eigenvalue weighted by Gasteiger charge is -2.37. The number of aromatic nitrogens is 6. The Balaban J connectivity index is 0.913. The summed E-state index contributed by atoms with van der Waals surface area (Å²) in [5.74, 6) is -0.185. The van der Waals surface area contributed by atoms with Crippen LogP contribution in [0.2, 0.25) is 0 Å². The van der Waals surface area contributed by atoms with Crippen LogP contribution in [-0.4, -0.2) is 74.8 Å². The van der Waals surface area contributed by atoms with Crippen LogP contribution >= 0.6 is 0 Å². The SMILES string of the molecule is CCC(C)n1ncn(-c2ccc(N3CCN(c4ccc(OC[C@H]5CO[C@@](Cn6nccn6)(c6ccccc6)O5)cc4)CC3)cc2)c1=O. The molecular weight excluding hydrogens is 596 g/mol. The second-order valence-corrected chi connectivity index (χ2v) is 12.0. The zero-order valence-corrected chi connectivity index (χ0v) is 26.8. The van der Waals surface area contributed by atoms with Crippen LogP contribution in [0.15, 0.2) is 102 Å². The topological polar surface area (TPSA) is 105 Å². The first kappa shape index (κ1) is 30.7. The molecule has 12 heteroatoms. The van der Waals surface area contributed by atoms with Gasteiger partial charge >= 0.3 is 5.69 Å². The average Bonchev–Trinajstić information content (AvgIpc) is 3.89. The molecule has 5 aromatic rings. The van der Waals surface area contributed by atoms with Gasteiger partial charge in [0.1, 0.15) is 31.3 Å². The van der Waals surface area contributed by atoms with Crippen LogP contribution in [0.25, 0.3) is 5.69 Å². The van der Waals surface area contributed by atoms with Crippen molar-refractivity contribution in [3.05, 3.63) is 114 Å². The molecule has 1 unspecified atom stereocenters. The van der Waals surface area contributed by atoms with Gasteiger partial charge in [0, 0.05) is 43.1 Å². The maximum absolute atomic E-state index is 12.8. The van der Waals surface area contributed by atoms with E-state index >= 15 is 0 Å². The van der Waals surface area contributed by atoms with Crippen molar-refractivity contribution in [2.24, 2.45) is 0 Å². The molecule has 2 aromatic heterocycles. The van der Waals surface area contributed by atoms with Gasteiger partial charge in [-0.15, -0.1) is 0 Å². The van der Waals surface area contributed by atoms with E-state index in [2.05, 4.69) is 56.3 Å². The van der Waals surface area contributed by atoms with Crippen molar-refractivity contribution in [3.8, 4) is 11.4 Å². The molecule has 2 saturated heterocycles. The number of benzene rings is 3. The fraction of sp³-hybridized carbons (Fsp3) is 0.371. The van der Waals surface area contributed by atoms with Crippen LogP contribution in [0.3, 0.4) is 0 Å². The first-order valence-electron chi connectivity index (χ1n) is 16.2. The highest BCUT2D eigenvalue weighted by atomic mass is 16.8. The molecule has 4 heterocycles. The summed E-state index contributed by atoms with van der Waals surface area (Å²) in [5.41, 5.74) is 3.95. The van der Waals surface area contributed by atoms with E-state index < -0.39 is 5.79 Å². The lowest BCUT2D eigenvalue weighted by molar-refractivity contribution is -0.192. The summed E-state index contributed by atoms with van der Waals surface area (Å²) in [6.45, 7) is 8.79. The Kier molecular flexibility index (Phi) is 8.77. The Bertz CT molecular complexity index is 1780. The van der Waals surface area contributed by atoms with Gasteiger partial charge in [-0.25, -0.2) is 14.0 Å². The number of hydrogen-bond donors (Lipinski definition) is 0. The van der Waals surface area contributed by atoms with Gasteiger partial charge in [0.15, 0.2) is 0 Å². The highest BCUT2D eigenvalue weighted by Crippen LogP contribution is 2.36. The molecule has 244 valence electrons. The fourth-order valence-corrected chi connectivity index (χ4v) is 6.13. The molecule has 0 N–H and O–H groups in total. The minimum atomic E-state index is -0.973. The number of anilines is 2. The van der Waals surface area contributed by atoms with Crippen LogP contribution in [0.5, 0.6) is 5.75 Å². The lowest BCUT2D eigenvalue weighted by Crippen LogP contribution is -2.46. The van der Waals surface area contributed by atoms with E-state index in [-0.39, 0.29) is 17.8 Å². The van der Waals surface area contributed by atoms with E-state index in [4.69, 9.17) is 14.2 Å². The molecule has 3 atom stereocenters. The summed E-state index contributed by atoms with van der Waals surface area (Å²) in [7, 11) is 0. The second kappa shape index (κ2) is 13.4. The van der Waals surface area contributed by atoms with Gasteiger partial charge in [-0.3, -0.25) is 0 Å². The molecule has 47 heavy (non-hydrogen) atoms. The smallest absolute Gasteiger partial charge is 0.350 e. The summed E-state index contributed by atoms with van der Waals surface area (Å²) in [5, 5.41) is 12.8. The van der Waals surface area contributed by atoms with E-state index in [0.717, 1.165) is 55.3 Å². The molecular formula is C35H40N8O4. The molecule has 0 spiro atoms. The maximum atomic E-state index is 12.8. The Hall–Kier alpha value is -4.94. The molecule has 0 radical (unpaired) electrons. The van der Waals surface area contributed by atoms with Crippen LogP contribution < -0.4 is 20.2 Å². The Morgan fingerprint density at radius 3 is 2.11 bits per heavy atom. The largest absolute Gasteiger partial charge is 0.491 e. The summed E-state index contributed by atoms with van der Waals surface area (Å²) < 4.78 is 22.0. The minimum Gasteiger partial charge on any atom is -0.491 e. The average molecular weight is 637 g/mol. The molecule has 0 amide bonds. The molecule has 0 bridgehead atoms. The Morgan fingerprint density at radius 1 is 0.851 bits per heavy atom. The van der Waals surface area contributed by atoms with Crippen molar-refractivity contribution >= 4 is 11.4 Å². The van der Waals surface area contributed by atoms with E-state index in [1.165, 1.54) is 5.69 Å². The van der Waals surface area contributed by atoms with E-state index in [0.29, 0.717) is 19.8 Å². The van der Waals surface area contributed by atoms with Crippen LogP contribution in [0.1, 0.15) is 31.9 Å². The molecule has 2 aliphatic rings. The van der Waals surface area contributed by atoms with Gasteiger partial charge < -0.3 is 24.0 Å². The highest BCUT2D eigenvalue weighted by molar-refractivity contribution is 5.54. The third-order valence-corrected chi connectivity index (χ3v) is 9.00. The number of ether oxygens (including phenoxy) is 3. The summed E-state index contributed by atoms with van der Waals surface area (Å²) in [6.07, 6.45) is 5.51. The van der Waals surface area contributed by atoms with Crippen LogP contribution in [0.4, 0.5) is 11.4 Å². The van der Waals surface area contributed by atoms with Crippen molar-refractivity contribution in [3.63, 3.8) is 0 Å². The zero-order chi connectivity index (χ0) is 32.2. The van der Waals surface area contributed by atoms with Gasteiger partial charge in [0.2, 0.25) is 5.79 Å². The monoisotopic (exact) mass is 636 g/mol. The van der Waals surface area contributed by atoms with Gasteiger partial charge in [-0.05, 0) is 61.9 Å². The molecule has 3 aromatic carbocycles. The standard InChI is InChI=1S/C35H40N8O4/c1-3-27(2)43-34(44)41(26-38-43)31-11-9-29(10-12-31)39-19-21-40(22-20-39)30-13-15-32(16-14-30)45-23-33-24-46-35(47-33,25-42-36-17-18-37-42)28-7-5-4-6-8-28/h4-18,26-27,33H,3,19-25H2,1-2H3/t27?,33-,35+/m0/s1. The van der Waals surface area contributed by atoms with Crippen molar-refractivity contribution in [2.45, 2.75) is 44.7 Å². The van der Waals surface area contributed by atoms with Gasteiger partial charge in [0.05, 0.1) is 30.7 Å². The predicted octanol–water partition coefficient (Wildman–Crippen LogP) is 4.27. The fourth-order valence-electron chi connectivity index (χ4n) is 6.13. The van der Waals surface area contributed by atoms with Crippen molar-refractivity contribution in [2.75, 3.05) is 49.2 Å². The van der Waals surface area contributed by atoms with E-state index in [1.807, 2.05) is 61.5 Å². The first-order chi connectivity index (χ1) is 23.0. The Morgan fingerprint density at radius 2 is 1.47 bits per heavy atom. The van der Waals surface area contributed by atoms with Gasteiger partial charge in [-0.2, -0.15) is 20.1 Å². The molecule has 7 rings (SSSR count). The first-order valence-corrected chi connectivity index (χ1v) is 16.2. The van der Waals surface area contributed by atoms with E-state index in [1.54, 1.807) is 32.8 Å².